The summed E-state index contributed by atoms with van der Waals surface area (Å²) in [5.74, 6) is 0.456. The van der Waals surface area contributed by atoms with Gasteiger partial charge in [-0.3, -0.25) is 19.4 Å². The minimum absolute atomic E-state index is 0.0399. The van der Waals surface area contributed by atoms with Crippen LogP contribution in [0.4, 0.5) is 0 Å². The highest BCUT2D eigenvalue weighted by molar-refractivity contribution is 5.56. The van der Waals surface area contributed by atoms with Crippen LogP contribution >= 0.6 is 0 Å². The lowest BCUT2D eigenvalue weighted by Crippen LogP contribution is -2.49. The minimum atomic E-state index is -0.0399. The molecule has 0 atom stereocenters. The first-order valence-corrected chi connectivity index (χ1v) is 10.4. The molecule has 29 heavy (non-hydrogen) atoms. The fourth-order valence-electron chi connectivity index (χ4n) is 4.58. The van der Waals surface area contributed by atoms with Gasteiger partial charge in [-0.1, -0.05) is 0 Å². The zero-order chi connectivity index (χ0) is 19.8. The molecule has 0 amide bonds. The molecule has 1 aliphatic carbocycles. The monoisotopic (exact) mass is 390 g/mol. The largest absolute Gasteiger partial charge is 0.297 e. The Kier molecular flexibility index (Phi) is 4.75. The predicted octanol–water partition coefficient (Wildman–Crippen LogP) is 2.05. The van der Waals surface area contributed by atoms with Crippen LogP contribution in [0.15, 0.2) is 41.5 Å². The molecule has 7 nitrogen and oxygen atoms in total. The maximum atomic E-state index is 12.3. The van der Waals surface area contributed by atoms with E-state index in [1.807, 2.05) is 12.1 Å². The molecule has 0 spiro atoms. The van der Waals surface area contributed by atoms with Crippen molar-refractivity contribution in [3.8, 4) is 11.3 Å². The van der Waals surface area contributed by atoms with Crippen molar-refractivity contribution in [1.82, 2.24) is 29.4 Å². The minimum Gasteiger partial charge on any atom is -0.297 e. The topological polar surface area (TPSA) is 68.8 Å². The van der Waals surface area contributed by atoms with Crippen LogP contribution in [0.25, 0.3) is 11.3 Å². The molecule has 0 N–H and O–H groups in total. The fraction of sp³-hybridized carbons (Fsp3) is 0.455. The molecule has 0 unspecified atom stereocenters. The van der Waals surface area contributed by atoms with Crippen molar-refractivity contribution in [1.29, 1.82) is 0 Å². The van der Waals surface area contributed by atoms with Crippen LogP contribution in [-0.4, -0.2) is 42.5 Å². The number of aromatic nitrogens is 5. The Balaban J connectivity index is 1.24. The Bertz CT molecular complexity index is 1060. The van der Waals surface area contributed by atoms with Gasteiger partial charge in [0.25, 0.3) is 5.56 Å². The van der Waals surface area contributed by atoms with Crippen LogP contribution < -0.4 is 5.56 Å². The molecule has 3 aromatic heterocycles. The Morgan fingerprint density at radius 1 is 1.03 bits per heavy atom. The van der Waals surface area contributed by atoms with Crippen molar-refractivity contribution >= 4 is 0 Å². The van der Waals surface area contributed by atoms with E-state index in [4.69, 9.17) is 5.10 Å². The van der Waals surface area contributed by atoms with E-state index in [9.17, 15) is 4.79 Å². The van der Waals surface area contributed by atoms with Crippen LogP contribution in [0.2, 0.25) is 0 Å². The molecule has 0 radical (unpaired) electrons. The standard InChI is InChI=1S/C22H26N6O/c1-26-21(18-4-2-3-5-20(18)24-26)15-27-12-16(13-27)14-28-22(29)7-6-19(25-28)17-8-10-23-11-9-17/h6-11,16H,2-5,12-15H2,1H3. The third kappa shape index (κ3) is 3.62. The van der Waals surface area contributed by atoms with Crippen molar-refractivity contribution in [2.24, 2.45) is 13.0 Å². The molecular weight excluding hydrogens is 364 g/mol. The van der Waals surface area contributed by atoms with Crippen LogP contribution in [-0.2, 0) is 33.0 Å². The van der Waals surface area contributed by atoms with E-state index in [0.29, 0.717) is 12.5 Å². The van der Waals surface area contributed by atoms with Gasteiger partial charge >= 0.3 is 0 Å². The summed E-state index contributed by atoms with van der Waals surface area (Å²) in [5, 5.41) is 9.31. The van der Waals surface area contributed by atoms with Crippen LogP contribution in [0.5, 0.6) is 0 Å². The van der Waals surface area contributed by atoms with E-state index in [2.05, 4.69) is 26.7 Å². The Morgan fingerprint density at radius 3 is 2.66 bits per heavy atom. The summed E-state index contributed by atoms with van der Waals surface area (Å²) in [5.41, 5.74) is 5.89. The van der Waals surface area contributed by atoms with Gasteiger partial charge < -0.3 is 0 Å². The summed E-state index contributed by atoms with van der Waals surface area (Å²) < 4.78 is 3.69. The van der Waals surface area contributed by atoms with Gasteiger partial charge in [0.05, 0.1) is 23.6 Å². The molecule has 4 heterocycles. The number of aryl methyl sites for hydroxylation is 2. The molecule has 0 saturated carbocycles. The van der Waals surface area contributed by atoms with Gasteiger partial charge in [0.1, 0.15) is 0 Å². The molecule has 2 aliphatic rings. The number of hydrogen-bond acceptors (Lipinski definition) is 5. The van der Waals surface area contributed by atoms with Gasteiger partial charge in [-0.15, -0.1) is 0 Å². The Labute approximate surface area is 170 Å². The van der Waals surface area contributed by atoms with E-state index >= 15 is 0 Å². The van der Waals surface area contributed by atoms with Crippen LogP contribution in [0.3, 0.4) is 0 Å². The molecule has 0 bridgehead atoms. The average Bonchev–Trinajstić information content (AvgIpc) is 3.03. The first kappa shape index (κ1) is 18.2. The van der Waals surface area contributed by atoms with Crippen molar-refractivity contribution < 1.29 is 0 Å². The summed E-state index contributed by atoms with van der Waals surface area (Å²) in [6.07, 6.45) is 8.30. The van der Waals surface area contributed by atoms with Gasteiger partial charge in [0, 0.05) is 56.6 Å². The highest BCUT2D eigenvalue weighted by Crippen LogP contribution is 2.27. The Morgan fingerprint density at radius 2 is 1.83 bits per heavy atom. The number of nitrogens with zero attached hydrogens (tertiary/aromatic N) is 6. The molecular formula is C22H26N6O. The first-order valence-electron chi connectivity index (χ1n) is 10.4. The number of rotatable bonds is 5. The maximum Gasteiger partial charge on any atom is 0.266 e. The number of likely N-dealkylation sites (tertiary alicyclic amines) is 1. The molecule has 7 heteroatoms. The molecule has 0 aromatic carbocycles. The third-order valence-electron chi connectivity index (χ3n) is 6.13. The first-order chi connectivity index (χ1) is 14.2. The predicted molar refractivity (Wildman–Crippen MR) is 110 cm³/mol. The molecule has 3 aromatic rings. The maximum absolute atomic E-state index is 12.3. The normalized spacial score (nSPS) is 17.1. The second-order valence-corrected chi connectivity index (χ2v) is 8.24. The third-order valence-corrected chi connectivity index (χ3v) is 6.13. The van der Waals surface area contributed by atoms with E-state index < -0.39 is 0 Å². The summed E-state index contributed by atoms with van der Waals surface area (Å²) in [6.45, 7) is 3.60. The van der Waals surface area contributed by atoms with Crippen LogP contribution in [0.1, 0.15) is 29.8 Å². The zero-order valence-corrected chi connectivity index (χ0v) is 16.8. The van der Waals surface area contributed by atoms with Crippen molar-refractivity contribution in [2.45, 2.75) is 38.8 Å². The van der Waals surface area contributed by atoms with Crippen molar-refractivity contribution in [3.05, 3.63) is 64.0 Å². The van der Waals surface area contributed by atoms with Crippen LogP contribution in [0, 0.1) is 5.92 Å². The smallest absolute Gasteiger partial charge is 0.266 e. The molecule has 5 rings (SSSR count). The number of pyridine rings is 1. The van der Waals surface area contributed by atoms with Gasteiger partial charge in [-0.2, -0.15) is 10.2 Å². The van der Waals surface area contributed by atoms with Gasteiger partial charge in [-0.25, -0.2) is 4.68 Å². The van der Waals surface area contributed by atoms with E-state index in [1.165, 1.54) is 29.8 Å². The lowest BCUT2D eigenvalue weighted by Gasteiger charge is -2.39. The van der Waals surface area contributed by atoms with Crippen molar-refractivity contribution in [3.63, 3.8) is 0 Å². The summed E-state index contributed by atoms with van der Waals surface area (Å²) >= 11 is 0. The highest BCUT2D eigenvalue weighted by Gasteiger charge is 2.30. The average molecular weight is 390 g/mol. The zero-order valence-electron chi connectivity index (χ0n) is 16.8. The van der Waals surface area contributed by atoms with Gasteiger partial charge in [-0.05, 0) is 49.4 Å². The van der Waals surface area contributed by atoms with E-state index in [-0.39, 0.29) is 5.56 Å². The summed E-state index contributed by atoms with van der Waals surface area (Å²) in [7, 11) is 2.07. The Hall–Kier alpha value is -2.80. The van der Waals surface area contributed by atoms with E-state index in [0.717, 1.165) is 43.7 Å². The molecule has 1 fully saturated rings. The van der Waals surface area contributed by atoms with E-state index in [1.54, 1.807) is 29.2 Å². The van der Waals surface area contributed by atoms with Crippen molar-refractivity contribution in [2.75, 3.05) is 13.1 Å². The second kappa shape index (κ2) is 7.55. The fourth-order valence-corrected chi connectivity index (χ4v) is 4.58. The molecule has 1 saturated heterocycles. The highest BCUT2D eigenvalue weighted by atomic mass is 16.1. The molecule has 1 aliphatic heterocycles. The number of fused-ring (bicyclic) bond motifs is 1. The molecule has 150 valence electrons. The summed E-state index contributed by atoms with van der Waals surface area (Å²) in [6, 6.07) is 7.22. The summed E-state index contributed by atoms with van der Waals surface area (Å²) in [4.78, 5) is 18.8. The number of hydrogen-bond donors (Lipinski definition) is 0. The second-order valence-electron chi connectivity index (χ2n) is 8.24. The lowest BCUT2D eigenvalue weighted by atomic mass is 9.94. The van der Waals surface area contributed by atoms with Gasteiger partial charge in [0.15, 0.2) is 0 Å². The SMILES string of the molecule is Cn1nc2c(c1CN1CC(Cn3nc(-c4ccncc4)ccc3=O)C1)CCCC2. The van der Waals surface area contributed by atoms with Gasteiger partial charge in [0.2, 0.25) is 0 Å². The quantitative estimate of drug-likeness (QED) is 0.667. The lowest BCUT2D eigenvalue weighted by molar-refractivity contribution is 0.0740.